The van der Waals surface area contributed by atoms with Gasteiger partial charge in [0.25, 0.3) is 0 Å². The zero-order valence-corrected chi connectivity index (χ0v) is 19.5. The van der Waals surface area contributed by atoms with Gasteiger partial charge in [-0.2, -0.15) is 0 Å². The van der Waals surface area contributed by atoms with E-state index in [0.29, 0.717) is 6.61 Å². The first-order chi connectivity index (χ1) is 14.2. The third kappa shape index (κ3) is 5.74. The van der Waals surface area contributed by atoms with E-state index in [0.717, 1.165) is 32.1 Å². The van der Waals surface area contributed by atoms with Crippen LogP contribution < -0.4 is 0 Å². The standard InChI is InChI=1S/C23H40O7/c1-7-9-10-11-13-15(12-8-2)20(24)26-18-17(16-14-25-22(3,4)28-16)27-21-19(18)29-23(5,6)30-21/h15-19,21H,7-14H2,1-6H3/t15-,16+,17+,18-,19+,21+/m0/s1. The van der Waals surface area contributed by atoms with Crippen molar-refractivity contribution in [3.05, 3.63) is 0 Å². The summed E-state index contributed by atoms with van der Waals surface area (Å²) in [6.07, 6.45) is 4.76. The summed E-state index contributed by atoms with van der Waals surface area (Å²) in [4.78, 5) is 13.1. The Kier molecular flexibility index (Phi) is 7.83. The van der Waals surface area contributed by atoms with Gasteiger partial charge in [0.1, 0.15) is 12.2 Å². The van der Waals surface area contributed by atoms with Gasteiger partial charge in [0, 0.05) is 0 Å². The summed E-state index contributed by atoms with van der Waals surface area (Å²) < 4.78 is 35.9. The van der Waals surface area contributed by atoms with Crippen LogP contribution in [0.15, 0.2) is 0 Å². The van der Waals surface area contributed by atoms with Crippen molar-refractivity contribution in [1.29, 1.82) is 0 Å². The second-order valence-electron chi connectivity index (χ2n) is 9.67. The Balaban J connectivity index is 1.68. The van der Waals surface area contributed by atoms with Crippen molar-refractivity contribution in [2.75, 3.05) is 6.61 Å². The van der Waals surface area contributed by atoms with E-state index in [9.17, 15) is 4.79 Å². The Hall–Kier alpha value is -0.730. The monoisotopic (exact) mass is 428 g/mol. The zero-order valence-electron chi connectivity index (χ0n) is 19.5. The quantitative estimate of drug-likeness (QED) is 0.379. The first-order valence-electron chi connectivity index (χ1n) is 11.7. The van der Waals surface area contributed by atoms with E-state index >= 15 is 0 Å². The molecule has 174 valence electrons. The Morgan fingerprint density at radius 3 is 2.33 bits per heavy atom. The van der Waals surface area contributed by atoms with Crippen molar-refractivity contribution in [1.82, 2.24) is 0 Å². The van der Waals surface area contributed by atoms with Gasteiger partial charge in [-0.15, -0.1) is 0 Å². The zero-order chi connectivity index (χ0) is 21.9. The van der Waals surface area contributed by atoms with Crippen LogP contribution in [0.4, 0.5) is 0 Å². The van der Waals surface area contributed by atoms with Crippen LogP contribution in [-0.4, -0.2) is 54.9 Å². The average molecular weight is 429 g/mol. The van der Waals surface area contributed by atoms with Gasteiger partial charge in [-0.25, -0.2) is 0 Å². The normalized spacial score (nSPS) is 35.3. The van der Waals surface area contributed by atoms with Crippen LogP contribution in [0.5, 0.6) is 0 Å². The minimum absolute atomic E-state index is 0.0981. The molecule has 3 aliphatic heterocycles. The fraction of sp³-hybridized carbons (Fsp3) is 0.957. The van der Waals surface area contributed by atoms with Crippen molar-refractivity contribution in [2.45, 2.75) is 129 Å². The van der Waals surface area contributed by atoms with Gasteiger partial charge in [-0.05, 0) is 40.5 Å². The highest BCUT2D eigenvalue weighted by molar-refractivity contribution is 5.72. The first-order valence-corrected chi connectivity index (χ1v) is 11.7. The molecule has 7 heteroatoms. The SMILES string of the molecule is CCCCCC[C@H](CCC)C(=O)O[C@@H]1[C@H]2OC(C)(C)O[C@H]2O[C@@H]1[C@H]1COC(C)(C)O1. The van der Waals surface area contributed by atoms with E-state index in [2.05, 4.69) is 13.8 Å². The van der Waals surface area contributed by atoms with E-state index in [4.69, 9.17) is 28.4 Å². The number of carbonyl (C=O) groups excluding carboxylic acids is 1. The molecule has 0 aromatic heterocycles. The maximum Gasteiger partial charge on any atom is 0.309 e. The van der Waals surface area contributed by atoms with Gasteiger partial charge in [0.15, 0.2) is 30.1 Å². The maximum atomic E-state index is 13.1. The van der Waals surface area contributed by atoms with E-state index in [1.807, 2.05) is 27.7 Å². The molecular formula is C23H40O7. The molecule has 0 aromatic carbocycles. The Morgan fingerprint density at radius 1 is 0.933 bits per heavy atom. The number of hydrogen-bond donors (Lipinski definition) is 0. The van der Waals surface area contributed by atoms with E-state index < -0.39 is 36.2 Å². The van der Waals surface area contributed by atoms with Crippen LogP contribution in [0.2, 0.25) is 0 Å². The van der Waals surface area contributed by atoms with Crippen molar-refractivity contribution in [2.24, 2.45) is 5.92 Å². The molecule has 0 spiro atoms. The van der Waals surface area contributed by atoms with E-state index in [1.54, 1.807) is 0 Å². The van der Waals surface area contributed by atoms with Crippen molar-refractivity contribution in [3.8, 4) is 0 Å². The van der Waals surface area contributed by atoms with Gasteiger partial charge in [-0.3, -0.25) is 4.79 Å². The molecule has 7 nitrogen and oxygen atoms in total. The topological polar surface area (TPSA) is 72.5 Å². The van der Waals surface area contributed by atoms with Crippen LogP contribution in [-0.2, 0) is 33.2 Å². The smallest absolute Gasteiger partial charge is 0.309 e. The maximum absolute atomic E-state index is 13.1. The lowest BCUT2D eigenvalue weighted by molar-refractivity contribution is -0.236. The Bertz CT molecular complexity index is 576. The molecule has 0 radical (unpaired) electrons. The Labute approximate surface area is 181 Å². The minimum Gasteiger partial charge on any atom is -0.456 e. The number of rotatable bonds is 10. The van der Waals surface area contributed by atoms with Crippen LogP contribution in [0.3, 0.4) is 0 Å². The summed E-state index contributed by atoms with van der Waals surface area (Å²) in [5, 5.41) is 0. The lowest BCUT2D eigenvalue weighted by atomic mass is 9.96. The number of hydrogen-bond acceptors (Lipinski definition) is 7. The number of carbonyl (C=O) groups is 1. The molecule has 3 aliphatic rings. The fourth-order valence-electron chi connectivity index (χ4n) is 4.59. The molecule has 3 saturated heterocycles. The van der Waals surface area contributed by atoms with Crippen molar-refractivity contribution >= 4 is 5.97 Å². The van der Waals surface area contributed by atoms with Crippen LogP contribution in [0, 0.1) is 5.92 Å². The number of ether oxygens (including phenoxy) is 6. The van der Waals surface area contributed by atoms with Crippen molar-refractivity contribution in [3.63, 3.8) is 0 Å². The Morgan fingerprint density at radius 2 is 1.70 bits per heavy atom. The minimum atomic E-state index is -0.778. The first kappa shape index (κ1) is 23.9. The van der Waals surface area contributed by atoms with E-state index in [1.165, 1.54) is 12.8 Å². The molecule has 0 aliphatic carbocycles. The summed E-state index contributed by atoms with van der Waals surface area (Å²) in [7, 11) is 0. The lowest BCUT2D eigenvalue weighted by Crippen LogP contribution is -2.45. The second-order valence-corrected chi connectivity index (χ2v) is 9.67. The average Bonchev–Trinajstić information content (AvgIpc) is 3.27. The highest BCUT2D eigenvalue weighted by atomic mass is 16.8. The summed E-state index contributed by atoms with van der Waals surface area (Å²) in [5.74, 6) is -1.73. The van der Waals surface area contributed by atoms with Gasteiger partial charge in [0.2, 0.25) is 0 Å². The summed E-state index contributed by atoms with van der Waals surface area (Å²) in [6.45, 7) is 12.1. The third-order valence-corrected chi connectivity index (χ3v) is 6.05. The molecule has 0 bridgehead atoms. The fourth-order valence-corrected chi connectivity index (χ4v) is 4.59. The third-order valence-electron chi connectivity index (χ3n) is 6.05. The molecule has 3 rings (SSSR count). The van der Waals surface area contributed by atoms with Gasteiger partial charge in [0.05, 0.1) is 12.5 Å². The summed E-state index contributed by atoms with van der Waals surface area (Å²) in [6, 6.07) is 0. The van der Waals surface area contributed by atoms with Gasteiger partial charge < -0.3 is 28.4 Å². The van der Waals surface area contributed by atoms with Crippen LogP contribution in [0.1, 0.15) is 86.5 Å². The molecular weight excluding hydrogens is 388 g/mol. The van der Waals surface area contributed by atoms with Crippen LogP contribution in [0.25, 0.3) is 0 Å². The molecule has 0 amide bonds. The second kappa shape index (κ2) is 9.82. The molecule has 3 fully saturated rings. The van der Waals surface area contributed by atoms with Crippen LogP contribution >= 0.6 is 0 Å². The predicted molar refractivity (Wildman–Crippen MR) is 111 cm³/mol. The highest BCUT2D eigenvalue weighted by Crippen LogP contribution is 2.42. The lowest BCUT2D eigenvalue weighted by Gasteiger charge is -2.29. The largest absolute Gasteiger partial charge is 0.456 e. The molecule has 0 aromatic rings. The highest BCUT2D eigenvalue weighted by Gasteiger charge is 2.60. The summed E-state index contributed by atoms with van der Waals surface area (Å²) in [5.41, 5.74) is 0. The molecule has 3 heterocycles. The molecule has 6 atom stereocenters. The molecule has 0 N–H and O–H groups in total. The number of unbranched alkanes of at least 4 members (excludes halogenated alkanes) is 3. The van der Waals surface area contributed by atoms with E-state index in [-0.39, 0.29) is 18.0 Å². The number of esters is 1. The molecule has 30 heavy (non-hydrogen) atoms. The van der Waals surface area contributed by atoms with Crippen molar-refractivity contribution < 1.29 is 33.2 Å². The van der Waals surface area contributed by atoms with Gasteiger partial charge in [-0.1, -0.05) is 46.0 Å². The predicted octanol–water partition coefficient (Wildman–Crippen LogP) is 4.31. The number of fused-ring (bicyclic) bond motifs is 1. The summed E-state index contributed by atoms with van der Waals surface area (Å²) >= 11 is 0. The molecule has 0 saturated carbocycles. The molecule has 0 unspecified atom stereocenters. The van der Waals surface area contributed by atoms with Gasteiger partial charge >= 0.3 is 5.97 Å².